The standard InChI is InChI=1S/C8H9BrN2O/c1-11-4-10-7(5-2-3-5)6(9)8(11)12/h4-5H,2-3H2,1H3. The van der Waals surface area contributed by atoms with Crippen LogP contribution in [-0.2, 0) is 7.05 Å². The van der Waals surface area contributed by atoms with E-state index in [0.717, 1.165) is 5.69 Å². The molecule has 1 saturated carbocycles. The summed E-state index contributed by atoms with van der Waals surface area (Å²) in [6.07, 6.45) is 3.91. The first-order chi connectivity index (χ1) is 5.70. The second-order valence-electron chi connectivity index (χ2n) is 3.13. The van der Waals surface area contributed by atoms with Crippen LogP contribution in [0.3, 0.4) is 0 Å². The Morgan fingerprint density at radius 2 is 2.33 bits per heavy atom. The van der Waals surface area contributed by atoms with E-state index in [1.165, 1.54) is 17.4 Å². The minimum Gasteiger partial charge on any atom is -0.301 e. The van der Waals surface area contributed by atoms with Gasteiger partial charge in [-0.25, -0.2) is 4.98 Å². The number of halogens is 1. The lowest BCUT2D eigenvalue weighted by Crippen LogP contribution is -2.19. The summed E-state index contributed by atoms with van der Waals surface area (Å²) in [6.45, 7) is 0. The number of hydrogen-bond acceptors (Lipinski definition) is 2. The molecule has 0 saturated heterocycles. The van der Waals surface area contributed by atoms with Crippen LogP contribution in [0, 0.1) is 0 Å². The molecule has 0 spiro atoms. The summed E-state index contributed by atoms with van der Waals surface area (Å²) < 4.78 is 2.12. The minimum atomic E-state index is 0.00639. The first kappa shape index (κ1) is 7.98. The van der Waals surface area contributed by atoms with Gasteiger partial charge in [-0.1, -0.05) is 0 Å². The average molecular weight is 229 g/mol. The fourth-order valence-electron chi connectivity index (χ4n) is 1.16. The first-order valence-corrected chi connectivity index (χ1v) is 4.70. The Labute approximate surface area is 78.6 Å². The number of aryl methyl sites for hydroxylation is 1. The van der Waals surface area contributed by atoms with Gasteiger partial charge in [0.05, 0.1) is 12.0 Å². The van der Waals surface area contributed by atoms with Crippen molar-refractivity contribution in [2.75, 3.05) is 0 Å². The van der Waals surface area contributed by atoms with Crippen molar-refractivity contribution < 1.29 is 0 Å². The van der Waals surface area contributed by atoms with Crippen molar-refractivity contribution in [2.45, 2.75) is 18.8 Å². The molecule has 0 bridgehead atoms. The van der Waals surface area contributed by atoms with Crippen molar-refractivity contribution in [3.8, 4) is 0 Å². The van der Waals surface area contributed by atoms with Gasteiger partial charge in [-0.2, -0.15) is 0 Å². The molecular formula is C8H9BrN2O. The third-order valence-corrected chi connectivity index (χ3v) is 2.81. The van der Waals surface area contributed by atoms with Crippen molar-refractivity contribution in [3.05, 3.63) is 26.8 Å². The molecule has 0 aromatic carbocycles. The molecule has 1 aliphatic rings. The number of nitrogens with zero attached hydrogens (tertiary/aromatic N) is 2. The first-order valence-electron chi connectivity index (χ1n) is 3.91. The highest BCUT2D eigenvalue weighted by Crippen LogP contribution is 2.40. The van der Waals surface area contributed by atoms with E-state index in [1.54, 1.807) is 13.4 Å². The van der Waals surface area contributed by atoms with E-state index in [-0.39, 0.29) is 5.56 Å². The lowest BCUT2D eigenvalue weighted by atomic mass is 10.3. The van der Waals surface area contributed by atoms with Gasteiger partial charge in [0.2, 0.25) is 0 Å². The van der Waals surface area contributed by atoms with Gasteiger partial charge in [0.15, 0.2) is 0 Å². The molecule has 1 aromatic rings. The smallest absolute Gasteiger partial charge is 0.267 e. The van der Waals surface area contributed by atoms with Crippen molar-refractivity contribution in [1.82, 2.24) is 9.55 Å². The summed E-state index contributed by atoms with van der Waals surface area (Å²) in [4.78, 5) is 15.6. The Bertz CT molecular complexity index is 368. The van der Waals surface area contributed by atoms with Gasteiger partial charge in [0.1, 0.15) is 4.47 Å². The summed E-state index contributed by atoms with van der Waals surface area (Å²) in [6, 6.07) is 0. The highest BCUT2D eigenvalue weighted by molar-refractivity contribution is 9.10. The topological polar surface area (TPSA) is 34.9 Å². The third-order valence-electron chi connectivity index (χ3n) is 2.07. The zero-order valence-electron chi connectivity index (χ0n) is 6.75. The molecule has 2 rings (SSSR count). The summed E-state index contributed by atoms with van der Waals surface area (Å²) in [7, 11) is 1.71. The van der Waals surface area contributed by atoms with Crippen molar-refractivity contribution in [1.29, 1.82) is 0 Å². The van der Waals surface area contributed by atoms with E-state index in [2.05, 4.69) is 20.9 Å². The van der Waals surface area contributed by atoms with E-state index >= 15 is 0 Å². The maximum atomic E-state index is 11.4. The minimum absolute atomic E-state index is 0.00639. The van der Waals surface area contributed by atoms with Crippen molar-refractivity contribution in [3.63, 3.8) is 0 Å². The molecule has 64 valence electrons. The Morgan fingerprint density at radius 3 is 2.92 bits per heavy atom. The van der Waals surface area contributed by atoms with Crippen LogP contribution < -0.4 is 5.56 Å². The SMILES string of the molecule is Cn1cnc(C2CC2)c(Br)c1=O. The fourth-order valence-corrected chi connectivity index (χ4v) is 1.87. The van der Waals surface area contributed by atoms with Gasteiger partial charge in [0.25, 0.3) is 5.56 Å². The van der Waals surface area contributed by atoms with Gasteiger partial charge in [0, 0.05) is 13.0 Å². The molecule has 1 heterocycles. The zero-order chi connectivity index (χ0) is 8.72. The molecule has 0 N–H and O–H groups in total. The van der Waals surface area contributed by atoms with Crippen LogP contribution in [0.15, 0.2) is 15.6 Å². The maximum absolute atomic E-state index is 11.4. The van der Waals surface area contributed by atoms with Crippen molar-refractivity contribution >= 4 is 15.9 Å². The molecule has 1 fully saturated rings. The van der Waals surface area contributed by atoms with Crippen LogP contribution in [0.4, 0.5) is 0 Å². The summed E-state index contributed by atoms with van der Waals surface area (Å²) in [5.41, 5.74) is 0.935. The zero-order valence-corrected chi connectivity index (χ0v) is 8.34. The fraction of sp³-hybridized carbons (Fsp3) is 0.500. The molecule has 12 heavy (non-hydrogen) atoms. The van der Waals surface area contributed by atoms with Gasteiger partial charge < -0.3 is 4.57 Å². The quantitative estimate of drug-likeness (QED) is 0.729. The predicted molar refractivity (Wildman–Crippen MR) is 49.2 cm³/mol. The van der Waals surface area contributed by atoms with Gasteiger partial charge in [-0.3, -0.25) is 4.79 Å². The molecule has 0 amide bonds. The Hall–Kier alpha value is -0.640. The summed E-state index contributed by atoms with van der Waals surface area (Å²) in [5.74, 6) is 0.522. The largest absolute Gasteiger partial charge is 0.301 e. The highest BCUT2D eigenvalue weighted by Gasteiger charge is 2.28. The van der Waals surface area contributed by atoms with E-state index in [4.69, 9.17) is 0 Å². The number of hydrogen-bond donors (Lipinski definition) is 0. The van der Waals surface area contributed by atoms with Crippen LogP contribution in [0.25, 0.3) is 0 Å². The number of aromatic nitrogens is 2. The molecular weight excluding hydrogens is 220 g/mol. The normalized spacial score (nSPS) is 16.5. The molecule has 4 heteroatoms. The van der Waals surface area contributed by atoms with E-state index in [0.29, 0.717) is 10.4 Å². The molecule has 0 aliphatic heterocycles. The summed E-state index contributed by atoms with van der Waals surface area (Å²) in [5, 5.41) is 0. The van der Waals surface area contributed by atoms with Gasteiger partial charge >= 0.3 is 0 Å². The van der Waals surface area contributed by atoms with E-state index < -0.39 is 0 Å². The summed E-state index contributed by atoms with van der Waals surface area (Å²) >= 11 is 3.28. The van der Waals surface area contributed by atoms with Crippen molar-refractivity contribution in [2.24, 2.45) is 7.05 Å². The predicted octanol–water partition coefficient (Wildman–Crippen LogP) is 1.42. The van der Waals surface area contributed by atoms with Crippen LogP contribution in [-0.4, -0.2) is 9.55 Å². The van der Waals surface area contributed by atoms with Crippen LogP contribution >= 0.6 is 15.9 Å². The lowest BCUT2D eigenvalue weighted by Gasteiger charge is -2.02. The Balaban J connectivity index is 2.57. The lowest BCUT2D eigenvalue weighted by molar-refractivity contribution is 0.790. The highest BCUT2D eigenvalue weighted by atomic mass is 79.9. The third kappa shape index (κ3) is 1.20. The van der Waals surface area contributed by atoms with Crippen LogP contribution in [0.1, 0.15) is 24.5 Å². The molecule has 0 radical (unpaired) electrons. The molecule has 0 unspecified atom stereocenters. The monoisotopic (exact) mass is 228 g/mol. The van der Waals surface area contributed by atoms with E-state index in [1.807, 2.05) is 0 Å². The molecule has 1 aliphatic carbocycles. The van der Waals surface area contributed by atoms with Gasteiger partial charge in [-0.15, -0.1) is 0 Å². The van der Waals surface area contributed by atoms with Gasteiger partial charge in [-0.05, 0) is 28.8 Å². The van der Waals surface area contributed by atoms with Crippen LogP contribution in [0.2, 0.25) is 0 Å². The second-order valence-corrected chi connectivity index (χ2v) is 3.93. The Morgan fingerprint density at radius 1 is 1.67 bits per heavy atom. The maximum Gasteiger partial charge on any atom is 0.267 e. The average Bonchev–Trinajstić information content (AvgIpc) is 2.84. The molecule has 0 atom stereocenters. The second kappa shape index (κ2) is 2.69. The van der Waals surface area contributed by atoms with E-state index in [9.17, 15) is 4.79 Å². The Kier molecular flexibility index (Phi) is 1.79. The van der Waals surface area contributed by atoms with Crippen LogP contribution in [0.5, 0.6) is 0 Å². The number of rotatable bonds is 1. The molecule has 3 nitrogen and oxygen atoms in total. The molecule has 1 aromatic heterocycles.